The molecule has 5 heteroatoms. The van der Waals surface area contributed by atoms with E-state index in [0.717, 1.165) is 31.4 Å². The highest BCUT2D eigenvalue weighted by atomic mass is 16.4. The van der Waals surface area contributed by atoms with Crippen LogP contribution in [0.3, 0.4) is 0 Å². The normalized spacial score (nSPS) is 15.5. The number of hydrogen-bond acceptors (Lipinski definition) is 3. The molecule has 0 saturated heterocycles. The summed E-state index contributed by atoms with van der Waals surface area (Å²) >= 11 is 0. The number of aryl methyl sites for hydroxylation is 1. The lowest BCUT2D eigenvalue weighted by molar-refractivity contribution is -0.140. The fraction of sp³-hybridized carbons (Fsp3) is 0.500. The van der Waals surface area contributed by atoms with Crippen LogP contribution in [-0.2, 0) is 16.0 Å². The van der Waals surface area contributed by atoms with Gasteiger partial charge < -0.3 is 10.4 Å². The van der Waals surface area contributed by atoms with Crippen LogP contribution < -0.4 is 10.6 Å². The molecule has 0 aromatic heterocycles. The highest BCUT2D eigenvalue weighted by Crippen LogP contribution is 2.32. The minimum atomic E-state index is -0.880. The third-order valence-corrected chi connectivity index (χ3v) is 3.62. The van der Waals surface area contributed by atoms with E-state index >= 15 is 0 Å². The number of carboxylic acid groups (broad SMARTS) is 1. The lowest BCUT2D eigenvalue weighted by Crippen LogP contribution is -2.42. The molecule has 0 bridgehead atoms. The molecular formula is C16H22N2O3. The molecule has 1 fully saturated rings. The van der Waals surface area contributed by atoms with Crippen LogP contribution in [0.2, 0.25) is 0 Å². The van der Waals surface area contributed by atoms with E-state index in [9.17, 15) is 9.59 Å². The van der Waals surface area contributed by atoms with Gasteiger partial charge >= 0.3 is 5.97 Å². The van der Waals surface area contributed by atoms with Crippen molar-refractivity contribution in [3.8, 4) is 0 Å². The summed E-state index contributed by atoms with van der Waals surface area (Å²) in [6.07, 6.45) is 3.96. The van der Waals surface area contributed by atoms with Gasteiger partial charge in [0.15, 0.2) is 0 Å². The summed E-state index contributed by atoms with van der Waals surface area (Å²) < 4.78 is 0. The Balaban J connectivity index is 1.79. The predicted octanol–water partition coefficient (Wildman–Crippen LogP) is 2.03. The van der Waals surface area contributed by atoms with E-state index in [2.05, 4.69) is 17.6 Å². The van der Waals surface area contributed by atoms with E-state index in [-0.39, 0.29) is 18.4 Å². The Bertz CT molecular complexity index is 495. The molecular weight excluding hydrogens is 268 g/mol. The fourth-order valence-corrected chi connectivity index (χ4v) is 2.34. The Morgan fingerprint density at radius 1 is 1.29 bits per heavy atom. The maximum Gasteiger partial charge on any atom is 0.320 e. The molecule has 1 aliphatic carbocycles. The van der Waals surface area contributed by atoms with Crippen molar-refractivity contribution in [2.45, 2.75) is 38.6 Å². The van der Waals surface area contributed by atoms with Gasteiger partial charge in [0.2, 0.25) is 5.91 Å². The third kappa shape index (κ3) is 4.86. The fourth-order valence-electron chi connectivity index (χ4n) is 2.34. The molecule has 0 aliphatic heterocycles. The Morgan fingerprint density at radius 3 is 2.48 bits per heavy atom. The van der Waals surface area contributed by atoms with Gasteiger partial charge in [0.25, 0.3) is 0 Å². The number of carbonyl (C=O) groups is 2. The second-order valence-corrected chi connectivity index (χ2v) is 5.53. The van der Waals surface area contributed by atoms with Crippen molar-refractivity contribution in [3.63, 3.8) is 0 Å². The van der Waals surface area contributed by atoms with Crippen molar-refractivity contribution < 1.29 is 14.7 Å². The summed E-state index contributed by atoms with van der Waals surface area (Å²) in [5, 5.41) is 14.7. The van der Waals surface area contributed by atoms with Crippen LogP contribution in [0.25, 0.3) is 0 Å². The molecule has 3 N–H and O–H groups in total. The number of anilines is 1. The Labute approximate surface area is 124 Å². The summed E-state index contributed by atoms with van der Waals surface area (Å²) in [5.74, 6) is -0.928. The topological polar surface area (TPSA) is 78.4 Å². The zero-order chi connectivity index (χ0) is 15.2. The summed E-state index contributed by atoms with van der Waals surface area (Å²) in [6.45, 7) is 2.14. The van der Waals surface area contributed by atoms with Crippen LogP contribution in [0.5, 0.6) is 0 Å². The highest BCUT2D eigenvalue weighted by Gasteiger charge is 2.36. The lowest BCUT2D eigenvalue weighted by Gasteiger charge is -2.13. The van der Waals surface area contributed by atoms with Crippen LogP contribution in [0.4, 0.5) is 5.69 Å². The molecule has 1 aromatic carbocycles. The Kier molecular flexibility index (Phi) is 5.33. The van der Waals surface area contributed by atoms with Gasteiger partial charge in [-0.3, -0.25) is 14.9 Å². The number of aliphatic carboxylic acids is 1. The number of carbonyl (C=O) groups excluding carboxylic acids is 1. The zero-order valence-electron chi connectivity index (χ0n) is 12.3. The van der Waals surface area contributed by atoms with Gasteiger partial charge in [0, 0.05) is 5.69 Å². The molecule has 21 heavy (non-hydrogen) atoms. The quantitative estimate of drug-likeness (QED) is 0.684. The van der Waals surface area contributed by atoms with Crippen LogP contribution in [0, 0.1) is 5.92 Å². The van der Waals surface area contributed by atoms with Crippen LogP contribution >= 0.6 is 0 Å². The minimum absolute atomic E-state index is 0.0180. The van der Waals surface area contributed by atoms with Crippen molar-refractivity contribution in [2.75, 3.05) is 11.9 Å². The summed E-state index contributed by atoms with van der Waals surface area (Å²) in [4.78, 5) is 22.9. The van der Waals surface area contributed by atoms with Crippen molar-refractivity contribution in [1.82, 2.24) is 5.32 Å². The Morgan fingerprint density at radius 2 is 1.95 bits per heavy atom. The first kappa shape index (κ1) is 15.5. The molecule has 5 nitrogen and oxygen atoms in total. The molecule has 1 atom stereocenters. The number of carboxylic acids is 1. The molecule has 1 aliphatic rings. The number of rotatable bonds is 8. The third-order valence-electron chi connectivity index (χ3n) is 3.62. The smallest absolute Gasteiger partial charge is 0.320 e. The molecule has 1 unspecified atom stereocenters. The first-order valence-corrected chi connectivity index (χ1v) is 7.45. The first-order valence-electron chi connectivity index (χ1n) is 7.45. The van der Waals surface area contributed by atoms with Gasteiger partial charge in [0.05, 0.1) is 6.54 Å². The first-order chi connectivity index (χ1) is 10.1. The van der Waals surface area contributed by atoms with E-state index in [1.807, 2.05) is 24.3 Å². The van der Waals surface area contributed by atoms with E-state index in [0.29, 0.717) is 0 Å². The summed E-state index contributed by atoms with van der Waals surface area (Å²) in [6, 6.07) is 7.13. The number of amides is 1. The summed E-state index contributed by atoms with van der Waals surface area (Å²) in [5.41, 5.74) is 1.98. The van der Waals surface area contributed by atoms with E-state index < -0.39 is 12.0 Å². The van der Waals surface area contributed by atoms with Crippen LogP contribution in [-0.4, -0.2) is 29.6 Å². The molecule has 1 aromatic rings. The maximum absolute atomic E-state index is 11.8. The van der Waals surface area contributed by atoms with Gasteiger partial charge in [-0.25, -0.2) is 0 Å². The molecule has 2 rings (SSSR count). The molecule has 1 saturated carbocycles. The van der Waals surface area contributed by atoms with E-state index in [4.69, 9.17) is 5.11 Å². The van der Waals surface area contributed by atoms with E-state index in [1.165, 1.54) is 5.56 Å². The number of nitrogens with one attached hydrogen (secondary N) is 2. The van der Waals surface area contributed by atoms with Crippen LogP contribution in [0.15, 0.2) is 24.3 Å². The van der Waals surface area contributed by atoms with Crippen molar-refractivity contribution in [3.05, 3.63) is 29.8 Å². The monoisotopic (exact) mass is 290 g/mol. The van der Waals surface area contributed by atoms with Crippen LogP contribution in [0.1, 0.15) is 31.7 Å². The molecule has 0 radical (unpaired) electrons. The standard InChI is InChI=1S/C16H22N2O3/c1-2-3-11-4-8-13(9-5-11)18-14(19)10-17-15(16(20)21)12-6-7-12/h4-5,8-9,12,15,17H,2-3,6-7,10H2,1H3,(H,18,19)(H,20,21). The highest BCUT2D eigenvalue weighted by molar-refractivity contribution is 5.92. The van der Waals surface area contributed by atoms with E-state index in [1.54, 1.807) is 0 Å². The molecule has 0 heterocycles. The average Bonchev–Trinajstić information content (AvgIpc) is 3.26. The molecule has 114 valence electrons. The molecule has 0 spiro atoms. The number of benzene rings is 1. The Hall–Kier alpha value is -1.88. The SMILES string of the molecule is CCCc1ccc(NC(=O)CNC(C(=O)O)C2CC2)cc1. The lowest BCUT2D eigenvalue weighted by atomic mass is 10.1. The predicted molar refractivity (Wildman–Crippen MR) is 81.2 cm³/mol. The van der Waals surface area contributed by atoms with Crippen molar-refractivity contribution in [2.24, 2.45) is 5.92 Å². The van der Waals surface area contributed by atoms with Gasteiger partial charge in [0.1, 0.15) is 6.04 Å². The second kappa shape index (κ2) is 7.22. The second-order valence-electron chi connectivity index (χ2n) is 5.53. The minimum Gasteiger partial charge on any atom is -0.480 e. The number of hydrogen-bond donors (Lipinski definition) is 3. The summed E-state index contributed by atoms with van der Waals surface area (Å²) in [7, 11) is 0. The molecule has 1 amide bonds. The van der Waals surface area contributed by atoms with Gasteiger partial charge in [-0.1, -0.05) is 25.5 Å². The average molecular weight is 290 g/mol. The van der Waals surface area contributed by atoms with Crippen molar-refractivity contribution >= 4 is 17.6 Å². The van der Waals surface area contributed by atoms with Gasteiger partial charge in [-0.15, -0.1) is 0 Å². The largest absolute Gasteiger partial charge is 0.480 e. The van der Waals surface area contributed by atoms with Crippen molar-refractivity contribution in [1.29, 1.82) is 0 Å². The zero-order valence-corrected chi connectivity index (χ0v) is 12.3. The maximum atomic E-state index is 11.8. The van der Waals surface area contributed by atoms with Gasteiger partial charge in [-0.05, 0) is 42.9 Å². The van der Waals surface area contributed by atoms with Gasteiger partial charge in [-0.2, -0.15) is 0 Å².